The molecule has 17 nitrogen and oxygen atoms in total. The van der Waals surface area contributed by atoms with E-state index in [2.05, 4.69) is 46.6 Å². The normalized spacial score (nSPS) is 13.1. The van der Waals surface area contributed by atoms with E-state index in [0.29, 0.717) is 71.2 Å². The Morgan fingerprint density at radius 3 is 1.28 bits per heavy atom. The Morgan fingerprint density at radius 2 is 0.913 bits per heavy atom. The fourth-order valence-corrected chi connectivity index (χ4v) is 5.05. The van der Waals surface area contributed by atoms with Gasteiger partial charge in [-0.3, -0.25) is 0 Å². The van der Waals surface area contributed by atoms with Gasteiger partial charge in [0.1, 0.15) is 0 Å². The van der Waals surface area contributed by atoms with Crippen molar-refractivity contribution in [2.24, 2.45) is 0 Å². The zero-order valence-corrected chi connectivity index (χ0v) is 24.8. The number of esters is 2. The van der Waals surface area contributed by atoms with E-state index < -0.39 is 11.9 Å². The third kappa shape index (κ3) is 5.85. The highest BCUT2D eigenvalue weighted by atomic mass is 16.5. The van der Waals surface area contributed by atoms with E-state index in [0.717, 1.165) is 17.8 Å². The topological polar surface area (TPSA) is 187 Å². The maximum absolute atomic E-state index is 12.5. The molecule has 0 radical (unpaired) electrons. The number of hydrogen-bond acceptors (Lipinski definition) is 13. The van der Waals surface area contributed by atoms with Crippen LogP contribution in [0, 0.1) is 0 Å². The van der Waals surface area contributed by atoms with Gasteiger partial charge in [-0.1, -0.05) is 20.9 Å². The molecule has 5 heterocycles. The van der Waals surface area contributed by atoms with E-state index in [4.69, 9.17) is 9.47 Å². The van der Waals surface area contributed by atoms with Crippen molar-refractivity contribution in [3.8, 4) is 22.7 Å². The van der Waals surface area contributed by atoms with E-state index in [1.807, 2.05) is 24.5 Å². The van der Waals surface area contributed by atoms with Crippen molar-refractivity contribution in [3.05, 3.63) is 95.1 Å². The Bertz CT molecular complexity index is 1790. The highest BCUT2D eigenvalue weighted by Gasteiger charge is 2.16. The van der Waals surface area contributed by atoms with Crippen LogP contribution in [0.2, 0.25) is 0 Å². The van der Waals surface area contributed by atoms with Crippen molar-refractivity contribution >= 4 is 11.9 Å². The molecule has 1 aliphatic rings. The highest BCUT2D eigenvalue weighted by molar-refractivity contribution is 5.91. The summed E-state index contributed by atoms with van der Waals surface area (Å²) in [4.78, 5) is 25.0. The first-order valence-corrected chi connectivity index (χ1v) is 14.3. The second-order valence-corrected chi connectivity index (χ2v) is 10.5. The first-order chi connectivity index (χ1) is 22.4. The predicted molar refractivity (Wildman–Crippen MR) is 158 cm³/mol. The van der Waals surface area contributed by atoms with Crippen LogP contribution in [0.25, 0.3) is 22.7 Å². The van der Waals surface area contributed by atoms with E-state index >= 15 is 0 Å². The van der Waals surface area contributed by atoms with Crippen LogP contribution in [0.15, 0.2) is 61.2 Å². The molecular weight excluding hydrogens is 594 g/mol. The van der Waals surface area contributed by atoms with E-state index in [9.17, 15) is 9.59 Å². The minimum absolute atomic E-state index is 0.332. The summed E-state index contributed by atoms with van der Waals surface area (Å²) in [5, 5.41) is 37.6. The Kier molecular flexibility index (Phi) is 7.55. The summed E-state index contributed by atoms with van der Waals surface area (Å²) in [6, 6.07) is 10.4. The molecule has 0 aliphatic carbocycles. The first kappa shape index (κ1) is 28.7. The van der Waals surface area contributed by atoms with Crippen LogP contribution >= 0.6 is 0 Å². The van der Waals surface area contributed by atoms with Gasteiger partial charge in [-0.15, -0.1) is 20.4 Å². The summed E-state index contributed by atoms with van der Waals surface area (Å²) in [7, 11) is 2.66. The molecule has 1 N–H and O–H groups in total. The third-order valence-electron chi connectivity index (χ3n) is 7.35. The lowest BCUT2D eigenvalue weighted by atomic mass is 10.1. The number of carbonyl (C=O) groups is 2. The number of fused-ring (bicyclic) bond motifs is 16. The Morgan fingerprint density at radius 1 is 0.565 bits per heavy atom. The molecule has 0 atom stereocenters. The van der Waals surface area contributed by atoms with Gasteiger partial charge in [0.25, 0.3) is 0 Å². The van der Waals surface area contributed by atoms with E-state index in [-0.39, 0.29) is 0 Å². The van der Waals surface area contributed by atoms with Crippen molar-refractivity contribution in [1.82, 2.24) is 65.3 Å². The molecule has 6 aromatic rings. The molecule has 0 saturated carbocycles. The van der Waals surface area contributed by atoms with Gasteiger partial charge in [0.05, 0.1) is 95.7 Å². The summed E-state index contributed by atoms with van der Waals surface area (Å²) in [5.74, 6) is -0.986. The number of nitrogens with one attached hydrogen (secondary N) is 1. The van der Waals surface area contributed by atoms with E-state index in [1.165, 1.54) is 14.2 Å². The van der Waals surface area contributed by atoms with Crippen molar-refractivity contribution in [2.75, 3.05) is 14.2 Å². The Labute approximate surface area is 260 Å². The number of ether oxygens (including phenoxy) is 2. The smallest absolute Gasteiger partial charge is 0.338 e. The van der Waals surface area contributed by atoms with Gasteiger partial charge in [0.15, 0.2) is 0 Å². The number of hydrogen-bond donors (Lipinski definition) is 1. The largest absolute Gasteiger partial charge is 0.465 e. The molecule has 7 rings (SSSR count). The van der Waals surface area contributed by atoms with Crippen molar-refractivity contribution in [2.45, 2.75) is 32.4 Å². The van der Waals surface area contributed by atoms with Crippen LogP contribution in [-0.4, -0.2) is 86.1 Å². The highest BCUT2D eigenvalue weighted by Crippen LogP contribution is 2.21. The molecule has 46 heavy (non-hydrogen) atoms. The molecule has 0 fully saturated rings. The number of aryl methyl sites for hydroxylation is 2. The van der Waals surface area contributed by atoms with Gasteiger partial charge in [0.2, 0.25) is 0 Å². The molecular formula is C29H27N13O4. The SMILES string of the molecule is COC(=O)c1cc2cc(c1)-n1cc(nn1)CNCc1cn(nn1)-c1cc(C(=O)OC)cc(c1)-n1cc(nn1)CCCc1cn-2nn1. The maximum Gasteiger partial charge on any atom is 0.338 e. The van der Waals surface area contributed by atoms with Gasteiger partial charge in [-0.2, -0.15) is 0 Å². The summed E-state index contributed by atoms with van der Waals surface area (Å²) in [5.41, 5.74) is 5.95. The van der Waals surface area contributed by atoms with Gasteiger partial charge in [-0.05, 0) is 55.7 Å². The first-order valence-electron chi connectivity index (χ1n) is 14.3. The number of carbonyl (C=O) groups excluding carboxylic acids is 2. The molecule has 232 valence electrons. The maximum atomic E-state index is 12.5. The third-order valence-corrected chi connectivity index (χ3v) is 7.35. The molecule has 1 aliphatic heterocycles. The molecule has 0 spiro atoms. The minimum Gasteiger partial charge on any atom is -0.465 e. The average molecular weight is 622 g/mol. The van der Waals surface area contributed by atoms with Crippen LogP contribution in [-0.2, 0) is 35.4 Å². The quantitative estimate of drug-likeness (QED) is 0.273. The Hall–Kier alpha value is -6.10. The van der Waals surface area contributed by atoms with Gasteiger partial charge in [0, 0.05) is 13.1 Å². The van der Waals surface area contributed by atoms with E-state index in [1.54, 1.807) is 55.4 Å². The lowest BCUT2D eigenvalue weighted by Crippen LogP contribution is -2.13. The summed E-state index contributed by atoms with van der Waals surface area (Å²) < 4.78 is 16.4. The molecule has 0 unspecified atom stereocenters. The summed E-state index contributed by atoms with van der Waals surface area (Å²) in [6.07, 6.45) is 9.17. The predicted octanol–water partition coefficient (Wildman–Crippen LogP) is 1.36. The Balaban J connectivity index is 1.24. The van der Waals surface area contributed by atoms with Crippen LogP contribution in [0.5, 0.6) is 0 Å². The number of nitrogens with zero attached hydrogens (tertiary/aromatic N) is 12. The number of benzene rings is 2. The van der Waals surface area contributed by atoms with Crippen LogP contribution in [0.3, 0.4) is 0 Å². The van der Waals surface area contributed by atoms with Crippen molar-refractivity contribution < 1.29 is 19.1 Å². The second kappa shape index (κ2) is 12.1. The van der Waals surface area contributed by atoms with Gasteiger partial charge in [-0.25, -0.2) is 28.3 Å². The minimum atomic E-state index is -0.493. The fraction of sp³-hybridized carbons (Fsp3) is 0.241. The lowest BCUT2D eigenvalue weighted by molar-refractivity contribution is 0.0592. The van der Waals surface area contributed by atoms with Crippen LogP contribution in [0.4, 0.5) is 0 Å². The van der Waals surface area contributed by atoms with Crippen molar-refractivity contribution in [1.29, 1.82) is 0 Å². The zero-order chi connectivity index (χ0) is 31.6. The van der Waals surface area contributed by atoms with Gasteiger partial charge < -0.3 is 14.8 Å². The molecule has 0 amide bonds. The van der Waals surface area contributed by atoms with Crippen LogP contribution < -0.4 is 5.32 Å². The number of rotatable bonds is 2. The lowest BCUT2D eigenvalue weighted by Gasteiger charge is -2.08. The molecule has 0 saturated heterocycles. The summed E-state index contributed by atoms with van der Waals surface area (Å²) >= 11 is 0. The molecule has 2 aromatic carbocycles. The standard InChI is InChI=1S/C29H27N13O4/c1-45-28(43)18-6-24-10-26(8-18)41-16-22(33-37-41)12-30-13-23-17-42(38-34-23)27-9-19(29(44)46-2)7-25(11-27)40-15-21(32-36-40)5-3-4-20-14-39(24)35-31-20/h6-11,14-17,30H,3-5,12-13H2,1-2H3. The second-order valence-electron chi connectivity index (χ2n) is 10.5. The fourth-order valence-electron chi connectivity index (χ4n) is 5.05. The molecule has 4 aromatic heterocycles. The summed E-state index contributed by atoms with van der Waals surface area (Å²) in [6.45, 7) is 0.777. The number of aromatic nitrogens is 12. The average Bonchev–Trinajstić information content (AvgIpc) is 3.91. The zero-order valence-electron chi connectivity index (χ0n) is 24.8. The molecule has 12 bridgehead atoms. The number of methoxy groups -OCH3 is 2. The van der Waals surface area contributed by atoms with Crippen molar-refractivity contribution in [3.63, 3.8) is 0 Å². The van der Waals surface area contributed by atoms with Gasteiger partial charge >= 0.3 is 11.9 Å². The monoisotopic (exact) mass is 621 g/mol. The van der Waals surface area contributed by atoms with Crippen LogP contribution in [0.1, 0.15) is 49.9 Å². The molecule has 17 heteroatoms.